The number of unbranched alkanes of at least 4 members (excludes halogenated alkanes) is 1. The zero-order valence-electron chi connectivity index (χ0n) is 10.9. The summed E-state index contributed by atoms with van der Waals surface area (Å²) in [6, 6.07) is 6.32. The Morgan fingerprint density at radius 2 is 1.84 bits per heavy atom. The second-order valence-corrected chi connectivity index (χ2v) is 4.51. The summed E-state index contributed by atoms with van der Waals surface area (Å²) in [5, 5.41) is 3.11. The van der Waals surface area contributed by atoms with Gasteiger partial charge in [0.2, 0.25) is 0 Å². The van der Waals surface area contributed by atoms with Crippen LogP contribution in [0.2, 0.25) is 0 Å². The summed E-state index contributed by atoms with van der Waals surface area (Å²) in [5.41, 5.74) is 0.570. The Morgan fingerprint density at radius 3 is 2.42 bits per heavy atom. The monoisotopic (exact) mass is 277 g/mol. The molecule has 0 fully saturated rings. The first-order valence-electron chi connectivity index (χ1n) is 6.48. The fourth-order valence-corrected chi connectivity index (χ4v) is 1.96. The van der Waals surface area contributed by atoms with Crippen molar-refractivity contribution in [2.45, 2.75) is 44.8 Å². The largest absolute Gasteiger partial charge is 0.389 e. The van der Waals surface area contributed by atoms with Crippen molar-refractivity contribution in [2.24, 2.45) is 0 Å². The van der Waals surface area contributed by atoms with E-state index in [1.54, 1.807) is 18.2 Å². The van der Waals surface area contributed by atoms with Crippen LogP contribution in [0.25, 0.3) is 0 Å². The van der Waals surface area contributed by atoms with Gasteiger partial charge in [-0.1, -0.05) is 25.1 Å². The van der Waals surface area contributed by atoms with E-state index in [0.29, 0.717) is 24.9 Å². The molecule has 0 bridgehead atoms. The molecule has 0 heterocycles. The molecule has 0 amide bonds. The van der Waals surface area contributed by atoms with E-state index in [0.717, 1.165) is 0 Å². The highest BCUT2D eigenvalue weighted by atomic mass is 19.4. The molecule has 0 aliphatic rings. The lowest BCUT2D eigenvalue weighted by Crippen LogP contribution is -2.23. The molecule has 0 spiro atoms. The Kier molecular flexibility index (Phi) is 6.28. The van der Waals surface area contributed by atoms with Crippen LogP contribution in [0.1, 0.15) is 44.2 Å². The third-order valence-electron chi connectivity index (χ3n) is 2.97. The lowest BCUT2D eigenvalue weighted by atomic mass is 10.0. The zero-order valence-corrected chi connectivity index (χ0v) is 10.9. The van der Waals surface area contributed by atoms with Crippen molar-refractivity contribution in [1.29, 1.82) is 0 Å². The van der Waals surface area contributed by atoms with Crippen LogP contribution in [0.15, 0.2) is 24.3 Å². The Labute approximate surface area is 111 Å². The Hall–Kier alpha value is -1.10. The highest BCUT2D eigenvalue weighted by Crippen LogP contribution is 2.23. The molecular formula is C14H19F4N. The van der Waals surface area contributed by atoms with Crippen LogP contribution in [0, 0.1) is 5.82 Å². The molecule has 1 aromatic rings. The molecule has 0 aliphatic heterocycles. The molecule has 0 aliphatic carbocycles. The van der Waals surface area contributed by atoms with Gasteiger partial charge in [0, 0.05) is 18.0 Å². The highest BCUT2D eigenvalue weighted by Gasteiger charge is 2.25. The van der Waals surface area contributed by atoms with Crippen molar-refractivity contribution in [3.63, 3.8) is 0 Å². The first-order valence-corrected chi connectivity index (χ1v) is 6.48. The fourth-order valence-electron chi connectivity index (χ4n) is 1.96. The van der Waals surface area contributed by atoms with E-state index in [4.69, 9.17) is 0 Å². The van der Waals surface area contributed by atoms with Crippen LogP contribution in [-0.4, -0.2) is 12.7 Å². The molecule has 1 unspecified atom stereocenters. The summed E-state index contributed by atoms with van der Waals surface area (Å²) in [7, 11) is 0. The molecule has 1 N–H and O–H groups in total. The van der Waals surface area contributed by atoms with Gasteiger partial charge in [-0.2, -0.15) is 13.2 Å². The summed E-state index contributed by atoms with van der Waals surface area (Å²) >= 11 is 0. The third kappa shape index (κ3) is 6.05. The van der Waals surface area contributed by atoms with Crippen LogP contribution in [-0.2, 0) is 0 Å². The molecule has 0 radical (unpaired) electrons. The maximum absolute atomic E-state index is 13.6. The molecule has 5 heteroatoms. The lowest BCUT2D eigenvalue weighted by molar-refractivity contribution is -0.135. The molecule has 19 heavy (non-hydrogen) atoms. The van der Waals surface area contributed by atoms with Gasteiger partial charge in [-0.3, -0.25) is 0 Å². The topological polar surface area (TPSA) is 12.0 Å². The molecule has 1 rings (SSSR count). The van der Waals surface area contributed by atoms with Crippen molar-refractivity contribution >= 4 is 0 Å². The summed E-state index contributed by atoms with van der Waals surface area (Å²) in [4.78, 5) is 0. The maximum atomic E-state index is 13.6. The first kappa shape index (κ1) is 16.0. The molecule has 108 valence electrons. The Morgan fingerprint density at radius 1 is 1.16 bits per heavy atom. The first-order chi connectivity index (χ1) is 8.94. The van der Waals surface area contributed by atoms with Crippen molar-refractivity contribution in [1.82, 2.24) is 5.32 Å². The Balaban J connectivity index is 2.36. The number of halogens is 4. The quantitative estimate of drug-likeness (QED) is 0.567. The van der Waals surface area contributed by atoms with E-state index >= 15 is 0 Å². The van der Waals surface area contributed by atoms with E-state index in [2.05, 4.69) is 5.32 Å². The minimum absolute atomic E-state index is 0.101. The number of hydrogen-bond acceptors (Lipinski definition) is 1. The summed E-state index contributed by atoms with van der Waals surface area (Å²) in [5.74, 6) is -0.280. The number of hydrogen-bond donors (Lipinski definition) is 1. The molecule has 0 aromatic heterocycles. The molecule has 1 atom stereocenters. The van der Waals surface area contributed by atoms with Gasteiger partial charge in [-0.05, 0) is 31.9 Å². The van der Waals surface area contributed by atoms with Crippen molar-refractivity contribution in [3.8, 4) is 0 Å². The maximum Gasteiger partial charge on any atom is 0.389 e. The predicted octanol–water partition coefficient (Wildman–Crippen LogP) is 4.60. The average molecular weight is 277 g/mol. The minimum atomic E-state index is -4.09. The minimum Gasteiger partial charge on any atom is -0.310 e. The van der Waals surface area contributed by atoms with E-state index in [1.165, 1.54) is 6.07 Å². The van der Waals surface area contributed by atoms with Gasteiger partial charge in [0.15, 0.2) is 0 Å². The molecule has 0 saturated carbocycles. The molecule has 1 aromatic carbocycles. The van der Waals surface area contributed by atoms with Crippen LogP contribution in [0.5, 0.6) is 0 Å². The number of benzene rings is 1. The second-order valence-electron chi connectivity index (χ2n) is 4.51. The summed E-state index contributed by atoms with van der Waals surface area (Å²) in [6.07, 6.45) is -3.62. The smallest absolute Gasteiger partial charge is 0.310 e. The van der Waals surface area contributed by atoms with Gasteiger partial charge in [-0.25, -0.2) is 4.39 Å². The van der Waals surface area contributed by atoms with Gasteiger partial charge < -0.3 is 5.32 Å². The van der Waals surface area contributed by atoms with Crippen molar-refractivity contribution in [3.05, 3.63) is 35.6 Å². The molecule has 0 saturated heterocycles. The number of nitrogens with one attached hydrogen (secondary N) is 1. The van der Waals surface area contributed by atoms with Gasteiger partial charge in [0.1, 0.15) is 5.82 Å². The van der Waals surface area contributed by atoms with Gasteiger partial charge in [0.25, 0.3) is 0 Å². The second kappa shape index (κ2) is 7.48. The number of rotatable bonds is 7. The summed E-state index contributed by atoms with van der Waals surface area (Å²) in [6.45, 7) is 2.38. The lowest BCUT2D eigenvalue weighted by Gasteiger charge is -2.18. The summed E-state index contributed by atoms with van der Waals surface area (Å²) < 4.78 is 49.4. The Bertz CT molecular complexity index is 376. The fraction of sp³-hybridized carbons (Fsp3) is 0.571. The van der Waals surface area contributed by atoms with E-state index in [9.17, 15) is 17.6 Å². The molecule has 1 nitrogen and oxygen atoms in total. The van der Waals surface area contributed by atoms with Gasteiger partial charge in [0.05, 0.1) is 0 Å². The standard InChI is InChI=1S/C14H19F4N/c1-2-13(11-7-3-4-8-12(11)15)19-10-6-5-9-14(16,17)18/h3-4,7-8,13,19H,2,5-6,9-10H2,1H3. The SMILES string of the molecule is CCC(NCCCCC(F)(F)F)c1ccccc1F. The van der Waals surface area contributed by atoms with Gasteiger partial charge in [-0.15, -0.1) is 0 Å². The van der Waals surface area contributed by atoms with Crippen LogP contribution >= 0.6 is 0 Å². The van der Waals surface area contributed by atoms with E-state index in [1.807, 2.05) is 6.92 Å². The average Bonchev–Trinajstić information content (AvgIpc) is 2.34. The van der Waals surface area contributed by atoms with Gasteiger partial charge >= 0.3 is 6.18 Å². The number of alkyl halides is 3. The van der Waals surface area contributed by atoms with Crippen LogP contribution < -0.4 is 5.32 Å². The third-order valence-corrected chi connectivity index (χ3v) is 2.97. The van der Waals surface area contributed by atoms with Crippen LogP contribution in [0.4, 0.5) is 17.6 Å². The van der Waals surface area contributed by atoms with Crippen molar-refractivity contribution < 1.29 is 17.6 Å². The predicted molar refractivity (Wildman–Crippen MR) is 67.3 cm³/mol. The normalized spacial score (nSPS) is 13.5. The van der Waals surface area contributed by atoms with Crippen LogP contribution in [0.3, 0.4) is 0 Å². The highest BCUT2D eigenvalue weighted by molar-refractivity contribution is 5.20. The van der Waals surface area contributed by atoms with Crippen molar-refractivity contribution in [2.75, 3.05) is 6.54 Å². The molecular weight excluding hydrogens is 258 g/mol. The van der Waals surface area contributed by atoms with E-state index < -0.39 is 12.6 Å². The van der Waals surface area contributed by atoms with E-state index in [-0.39, 0.29) is 18.3 Å². The zero-order chi connectivity index (χ0) is 14.3.